The molecule has 0 saturated carbocycles. The average Bonchev–Trinajstić information content (AvgIpc) is 3.16. The highest BCUT2D eigenvalue weighted by Gasteiger charge is 2.22. The Kier molecular flexibility index (Phi) is 5.43. The lowest BCUT2D eigenvalue weighted by Crippen LogP contribution is -2.29. The van der Waals surface area contributed by atoms with Gasteiger partial charge in [0, 0.05) is 6.04 Å². The molecule has 1 aromatic heterocycles. The highest BCUT2D eigenvalue weighted by molar-refractivity contribution is 7.89. The van der Waals surface area contributed by atoms with Crippen LogP contribution in [0.25, 0.3) is 5.69 Å². The molecular formula is C18H21N5O2S. The Morgan fingerprint density at radius 1 is 1.08 bits per heavy atom. The van der Waals surface area contributed by atoms with Gasteiger partial charge >= 0.3 is 0 Å². The van der Waals surface area contributed by atoms with E-state index in [1.54, 1.807) is 24.3 Å². The summed E-state index contributed by atoms with van der Waals surface area (Å²) in [6, 6.07) is 15.9. The second-order valence-corrected chi connectivity index (χ2v) is 8.18. The van der Waals surface area contributed by atoms with Crippen LogP contribution in [-0.2, 0) is 10.0 Å². The summed E-state index contributed by atoms with van der Waals surface area (Å²) in [5.74, 6) is 0.343. The van der Waals surface area contributed by atoms with Crippen molar-refractivity contribution in [1.82, 2.24) is 24.9 Å². The van der Waals surface area contributed by atoms with Crippen molar-refractivity contribution in [1.29, 1.82) is 0 Å². The van der Waals surface area contributed by atoms with Crippen molar-refractivity contribution in [3.05, 3.63) is 66.5 Å². The minimum absolute atomic E-state index is 0.176. The Labute approximate surface area is 153 Å². The Balaban J connectivity index is 1.90. The SMILES string of the molecule is CC(C)C[C@H](NS(=O)(=O)c1cccc(-n2cnnn2)c1)c1ccccc1. The van der Waals surface area contributed by atoms with Gasteiger partial charge in [0.05, 0.1) is 10.6 Å². The van der Waals surface area contributed by atoms with Crippen LogP contribution < -0.4 is 4.72 Å². The monoisotopic (exact) mass is 371 g/mol. The Hall–Kier alpha value is -2.58. The first-order valence-corrected chi connectivity index (χ1v) is 9.85. The van der Waals surface area contributed by atoms with Gasteiger partial charge in [0.2, 0.25) is 10.0 Å². The summed E-state index contributed by atoms with van der Waals surface area (Å²) in [6.45, 7) is 4.14. The predicted octanol–water partition coefficient (Wildman–Crippen LogP) is 2.73. The average molecular weight is 371 g/mol. The molecule has 1 heterocycles. The van der Waals surface area contributed by atoms with E-state index in [0.717, 1.165) is 5.56 Å². The zero-order chi connectivity index (χ0) is 18.6. The lowest BCUT2D eigenvalue weighted by Gasteiger charge is -2.21. The third kappa shape index (κ3) is 4.33. The Morgan fingerprint density at radius 2 is 1.85 bits per heavy atom. The highest BCUT2D eigenvalue weighted by atomic mass is 32.2. The fraction of sp³-hybridized carbons (Fsp3) is 0.278. The van der Waals surface area contributed by atoms with Gasteiger partial charge in [0.25, 0.3) is 0 Å². The van der Waals surface area contributed by atoms with Crippen LogP contribution in [0.15, 0.2) is 65.8 Å². The third-order valence-electron chi connectivity index (χ3n) is 3.95. The van der Waals surface area contributed by atoms with Gasteiger partial charge in [-0.15, -0.1) is 5.10 Å². The molecule has 3 aromatic rings. The molecule has 0 aliphatic carbocycles. The van der Waals surface area contributed by atoms with Crippen molar-refractivity contribution in [2.24, 2.45) is 5.92 Å². The van der Waals surface area contributed by atoms with Crippen molar-refractivity contribution in [3.63, 3.8) is 0 Å². The minimum Gasteiger partial charge on any atom is -0.207 e. The van der Waals surface area contributed by atoms with Gasteiger partial charge < -0.3 is 0 Å². The lowest BCUT2D eigenvalue weighted by atomic mass is 9.98. The number of aromatic nitrogens is 4. The summed E-state index contributed by atoms with van der Waals surface area (Å²) in [7, 11) is -3.70. The first kappa shape index (κ1) is 18.2. The molecule has 136 valence electrons. The number of benzene rings is 2. The molecule has 0 spiro atoms. The van der Waals surface area contributed by atoms with Crippen LogP contribution in [0.5, 0.6) is 0 Å². The fourth-order valence-corrected chi connectivity index (χ4v) is 4.01. The first-order chi connectivity index (χ1) is 12.5. The number of sulfonamides is 1. The maximum Gasteiger partial charge on any atom is 0.241 e. The number of nitrogens with zero attached hydrogens (tertiary/aromatic N) is 4. The van der Waals surface area contributed by atoms with E-state index < -0.39 is 10.0 Å². The number of hydrogen-bond acceptors (Lipinski definition) is 5. The standard InChI is InChI=1S/C18H21N5O2S/c1-14(2)11-18(15-7-4-3-5-8-15)20-26(24,25)17-10-6-9-16(12-17)23-13-19-21-22-23/h3-10,12-14,18,20H,11H2,1-2H3/t18-/m0/s1. The number of rotatable bonds is 7. The molecule has 1 atom stereocenters. The van der Waals surface area contributed by atoms with Crippen LogP contribution >= 0.6 is 0 Å². The summed E-state index contributed by atoms with van der Waals surface area (Å²) in [5.41, 5.74) is 1.53. The fourth-order valence-electron chi connectivity index (χ4n) is 2.74. The molecule has 0 unspecified atom stereocenters. The van der Waals surface area contributed by atoms with Gasteiger partial charge in [-0.25, -0.2) is 17.8 Å². The molecule has 8 heteroatoms. The molecule has 2 aromatic carbocycles. The molecule has 3 rings (SSSR count). The minimum atomic E-state index is -3.70. The van der Waals surface area contributed by atoms with E-state index in [4.69, 9.17) is 0 Å². The molecule has 0 fully saturated rings. The van der Waals surface area contributed by atoms with Gasteiger partial charge in [-0.3, -0.25) is 0 Å². The summed E-state index contributed by atoms with van der Waals surface area (Å²) in [6.07, 6.45) is 2.13. The van der Waals surface area contributed by atoms with E-state index in [0.29, 0.717) is 18.0 Å². The largest absolute Gasteiger partial charge is 0.241 e. The number of hydrogen-bond donors (Lipinski definition) is 1. The molecule has 0 bridgehead atoms. The van der Waals surface area contributed by atoms with E-state index in [-0.39, 0.29) is 10.9 Å². The molecule has 26 heavy (non-hydrogen) atoms. The van der Waals surface area contributed by atoms with Crippen molar-refractivity contribution < 1.29 is 8.42 Å². The molecular weight excluding hydrogens is 350 g/mol. The van der Waals surface area contributed by atoms with Gasteiger partial charge in [0.15, 0.2) is 0 Å². The summed E-state index contributed by atoms with van der Waals surface area (Å²) < 4.78 is 30.2. The Bertz CT molecular complexity index is 941. The molecule has 0 radical (unpaired) electrons. The number of tetrazole rings is 1. The van der Waals surface area contributed by atoms with Crippen LogP contribution in [0.4, 0.5) is 0 Å². The van der Waals surface area contributed by atoms with Crippen molar-refractivity contribution in [3.8, 4) is 5.69 Å². The topological polar surface area (TPSA) is 89.8 Å². The smallest absolute Gasteiger partial charge is 0.207 e. The van der Waals surface area contributed by atoms with Gasteiger partial charge in [-0.2, -0.15) is 0 Å². The first-order valence-electron chi connectivity index (χ1n) is 8.36. The van der Waals surface area contributed by atoms with Crippen LogP contribution in [0, 0.1) is 5.92 Å². The third-order valence-corrected chi connectivity index (χ3v) is 5.42. The zero-order valence-corrected chi connectivity index (χ0v) is 15.5. The van der Waals surface area contributed by atoms with Crippen LogP contribution in [0.1, 0.15) is 31.9 Å². The molecule has 1 N–H and O–H groups in total. The molecule has 0 saturated heterocycles. The maximum absolute atomic E-state index is 12.9. The Morgan fingerprint density at radius 3 is 2.50 bits per heavy atom. The van der Waals surface area contributed by atoms with E-state index in [2.05, 4.69) is 34.1 Å². The van der Waals surface area contributed by atoms with E-state index in [1.807, 2.05) is 30.3 Å². The van der Waals surface area contributed by atoms with Gasteiger partial charge in [-0.05, 0) is 46.5 Å². The van der Waals surface area contributed by atoms with E-state index in [1.165, 1.54) is 11.0 Å². The van der Waals surface area contributed by atoms with Crippen LogP contribution in [-0.4, -0.2) is 28.6 Å². The molecule has 0 amide bonds. The molecule has 0 aliphatic heterocycles. The van der Waals surface area contributed by atoms with E-state index >= 15 is 0 Å². The van der Waals surface area contributed by atoms with Crippen molar-refractivity contribution in [2.45, 2.75) is 31.2 Å². The molecule has 7 nitrogen and oxygen atoms in total. The van der Waals surface area contributed by atoms with Crippen LogP contribution in [0.2, 0.25) is 0 Å². The normalized spacial score (nSPS) is 13.0. The quantitative estimate of drug-likeness (QED) is 0.690. The second-order valence-electron chi connectivity index (χ2n) is 6.47. The van der Waals surface area contributed by atoms with Gasteiger partial charge in [-0.1, -0.05) is 50.2 Å². The van der Waals surface area contributed by atoms with Gasteiger partial charge in [0.1, 0.15) is 6.33 Å². The lowest BCUT2D eigenvalue weighted by molar-refractivity contribution is 0.472. The predicted molar refractivity (Wildman–Crippen MR) is 98.1 cm³/mol. The summed E-state index contributed by atoms with van der Waals surface area (Å²) in [5, 5.41) is 11.0. The summed E-state index contributed by atoms with van der Waals surface area (Å²) in [4.78, 5) is 0.176. The summed E-state index contributed by atoms with van der Waals surface area (Å²) >= 11 is 0. The van der Waals surface area contributed by atoms with Crippen LogP contribution in [0.3, 0.4) is 0 Å². The molecule has 0 aliphatic rings. The van der Waals surface area contributed by atoms with E-state index in [9.17, 15) is 8.42 Å². The van der Waals surface area contributed by atoms with Crippen molar-refractivity contribution >= 4 is 10.0 Å². The zero-order valence-electron chi connectivity index (χ0n) is 14.6. The maximum atomic E-state index is 12.9. The number of nitrogens with one attached hydrogen (secondary N) is 1. The second kappa shape index (κ2) is 7.76. The van der Waals surface area contributed by atoms with Crippen molar-refractivity contribution in [2.75, 3.05) is 0 Å². The highest BCUT2D eigenvalue weighted by Crippen LogP contribution is 2.24.